The zero-order valence-electron chi connectivity index (χ0n) is 17.8. The normalized spacial score (nSPS) is 15.8. The van der Waals surface area contributed by atoms with Crippen LogP contribution in [0.2, 0.25) is 0 Å². The van der Waals surface area contributed by atoms with Crippen molar-refractivity contribution < 1.29 is 13.9 Å². The first-order valence-corrected chi connectivity index (χ1v) is 10.1. The van der Waals surface area contributed by atoms with Gasteiger partial charge < -0.3 is 19.0 Å². The fourth-order valence-corrected chi connectivity index (χ4v) is 4.01. The van der Waals surface area contributed by atoms with Gasteiger partial charge in [0.2, 0.25) is 5.76 Å². The molecular weight excluding hydrogens is 380 g/mol. The smallest absolute Gasteiger partial charge is 0.290 e. The molecule has 0 unspecified atom stereocenters. The summed E-state index contributed by atoms with van der Waals surface area (Å²) in [6.45, 7) is 3.40. The maximum absolute atomic E-state index is 13.5. The van der Waals surface area contributed by atoms with Gasteiger partial charge in [0.1, 0.15) is 11.3 Å². The summed E-state index contributed by atoms with van der Waals surface area (Å²) >= 11 is 0. The number of ether oxygens (including phenoxy) is 1. The van der Waals surface area contributed by atoms with E-state index in [1.807, 2.05) is 45.3 Å². The lowest BCUT2D eigenvalue weighted by Gasteiger charge is -2.25. The average Bonchev–Trinajstić information content (AvgIpc) is 3.00. The minimum atomic E-state index is -0.446. The molecule has 156 valence electrons. The summed E-state index contributed by atoms with van der Waals surface area (Å²) < 4.78 is 11.2. The van der Waals surface area contributed by atoms with E-state index in [4.69, 9.17) is 9.15 Å². The lowest BCUT2D eigenvalue weighted by molar-refractivity contribution is 0.0722. The van der Waals surface area contributed by atoms with Crippen LogP contribution >= 0.6 is 0 Å². The predicted octanol–water partition coefficient (Wildman–Crippen LogP) is 3.61. The van der Waals surface area contributed by atoms with Crippen molar-refractivity contribution in [3.63, 3.8) is 0 Å². The molecule has 30 heavy (non-hydrogen) atoms. The van der Waals surface area contributed by atoms with E-state index in [1.165, 1.54) is 0 Å². The molecule has 1 aromatic heterocycles. The van der Waals surface area contributed by atoms with Gasteiger partial charge in [0.05, 0.1) is 24.1 Å². The number of carbonyl (C=O) groups excluding carboxylic acids is 1. The molecule has 3 aromatic rings. The van der Waals surface area contributed by atoms with Crippen LogP contribution in [0.15, 0.2) is 51.7 Å². The SMILES string of the molecule is COc1ccc2c(=O)c3c(oc2c1)C(=O)N(CCCN(C)C)[C@@H]3c1ccc(C)cc1. The number of rotatable bonds is 6. The number of aryl methyl sites for hydroxylation is 1. The fourth-order valence-electron chi connectivity index (χ4n) is 4.01. The van der Waals surface area contributed by atoms with Crippen molar-refractivity contribution in [1.29, 1.82) is 0 Å². The minimum absolute atomic E-state index is 0.135. The number of methoxy groups -OCH3 is 1. The molecule has 0 spiro atoms. The number of amides is 1. The van der Waals surface area contributed by atoms with E-state index < -0.39 is 6.04 Å². The third-order valence-electron chi connectivity index (χ3n) is 5.57. The van der Waals surface area contributed by atoms with E-state index in [1.54, 1.807) is 30.2 Å². The van der Waals surface area contributed by atoms with E-state index in [0.29, 0.717) is 28.8 Å². The summed E-state index contributed by atoms with van der Waals surface area (Å²) in [4.78, 5) is 30.6. The van der Waals surface area contributed by atoms with Gasteiger partial charge >= 0.3 is 0 Å². The van der Waals surface area contributed by atoms with Crippen LogP contribution in [0.3, 0.4) is 0 Å². The molecule has 1 atom stereocenters. The maximum Gasteiger partial charge on any atom is 0.290 e. The summed E-state index contributed by atoms with van der Waals surface area (Å²) in [6.07, 6.45) is 0.802. The van der Waals surface area contributed by atoms with E-state index in [2.05, 4.69) is 4.90 Å². The highest BCUT2D eigenvalue weighted by molar-refractivity contribution is 5.99. The molecule has 0 fully saturated rings. The zero-order chi connectivity index (χ0) is 21.4. The first-order valence-electron chi connectivity index (χ1n) is 10.1. The Morgan fingerprint density at radius 3 is 2.50 bits per heavy atom. The Kier molecular flexibility index (Phi) is 5.35. The third kappa shape index (κ3) is 3.48. The molecule has 1 aliphatic heterocycles. The van der Waals surface area contributed by atoms with Gasteiger partial charge in [0.25, 0.3) is 5.91 Å². The van der Waals surface area contributed by atoms with Crippen LogP contribution in [0.5, 0.6) is 5.75 Å². The maximum atomic E-state index is 13.5. The molecule has 1 aliphatic rings. The number of nitrogens with zero attached hydrogens (tertiary/aromatic N) is 2. The zero-order valence-corrected chi connectivity index (χ0v) is 17.8. The van der Waals surface area contributed by atoms with Crippen molar-refractivity contribution in [2.45, 2.75) is 19.4 Å². The molecular formula is C24H26N2O4. The number of carbonyl (C=O) groups is 1. The highest BCUT2D eigenvalue weighted by Crippen LogP contribution is 2.38. The molecule has 0 saturated carbocycles. The van der Waals surface area contributed by atoms with Crippen LogP contribution in [0.4, 0.5) is 0 Å². The predicted molar refractivity (Wildman–Crippen MR) is 116 cm³/mol. The molecule has 2 heterocycles. The summed E-state index contributed by atoms with van der Waals surface area (Å²) in [6, 6.07) is 12.6. The first-order chi connectivity index (χ1) is 14.4. The Labute approximate surface area is 175 Å². The Hall–Kier alpha value is -3.12. The molecule has 0 bridgehead atoms. The molecule has 6 heteroatoms. The molecule has 1 amide bonds. The molecule has 0 saturated heterocycles. The quantitative estimate of drug-likeness (QED) is 0.626. The van der Waals surface area contributed by atoms with E-state index >= 15 is 0 Å². The third-order valence-corrected chi connectivity index (χ3v) is 5.57. The molecule has 0 N–H and O–H groups in total. The summed E-state index contributed by atoms with van der Waals surface area (Å²) in [7, 11) is 5.56. The van der Waals surface area contributed by atoms with Crippen molar-refractivity contribution in [2.75, 3.05) is 34.3 Å². The Morgan fingerprint density at radius 1 is 1.10 bits per heavy atom. The number of hydrogen-bond acceptors (Lipinski definition) is 5. The highest BCUT2D eigenvalue weighted by Gasteiger charge is 2.42. The Bertz CT molecular complexity index is 1150. The van der Waals surface area contributed by atoms with Crippen molar-refractivity contribution in [1.82, 2.24) is 9.80 Å². The Morgan fingerprint density at radius 2 is 1.83 bits per heavy atom. The fraction of sp³-hybridized carbons (Fsp3) is 0.333. The van der Waals surface area contributed by atoms with Crippen LogP contribution < -0.4 is 10.2 Å². The topological polar surface area (TPSA) is 63.0 Å². The van der Waals surface area contributed by atoms with Crippen LogP contribution in [0.1, 0.15) is 39.7 Å². The van der Waals surface area contributed by atoms with Crippen molar-refractivity contribution in [3.8, 4) is 5.75 Å². The van der Waals surface area contributed by atoms with E-state index in [9.17, 15) is 9.59 Å². The van der Waals surface area contributed by atoms with Gasteiger partial charge in [0, 0.05) is 12.6 Å². The van der Waals surface area contributed by atoms with Crippen LogP contribution in [-0.2, 0) is 0 Å². The van der Waals surface area contributed by atoms with Gasteiger partial charge in [-0.05, 0) is 51.7 Å². The second-order valence-electron chi connectivity index (χ2n) is 8.00. The van der Waals surface area contributed by atoms with E-state index in [-0.39, 0.29) is 17.1 Å². The average molecular weight is 406 g/mol. The standard InChI is InChI=1S/C24H26N2O4/c1-15-6-8-16(9-7-15)21-20-22(27)18-11-10-17(29-4)14-19(18)30-23(20)24(28)26(21)13-5-12-25(2)3/h6-11,14,21H,5,12-13H2,1-4H3/t21-/m1/s1. The van der Waals surface area contributed by atoms with Gasteiger partial charge in [-0.3, -0.25) is 9.59 Å². The van der Waals surface area contributed by atoms with Crippen molar-refractivity contribution in [2.24, 2.45) is 0 Å². The first kappa shape index (κ1) is 20.2. The van der Waals surface area contributed by atoms with Crippen LogP contribution in [0, 0.1) is 6.92 Å². The van der Waals surface area contributed by atoms with Gasteiger partial charge in [-0.15, -0.1) is 0 Å². The molecule has 2 aromatic carbocycles. The second kappa shape index (κ2) is 7.95. The van der Waals surface area contributed by atoms with Crippen molar-refractivity contribution in [3.05, 3.63) is 75.1 Å². The monoisotopic (exact) mass is 406 g/mol. The number of hydrogen-bond donors (Lipinski definition) is 0. The van der Waals surface area contributed by atoms with Gasteiger partial charge in [-0.25, -0.2) is 0 Å². The van der Waals surface area contributed by atoms with Crippen LogP contribution in [-0.4, -0.2) is 50.0 Å². The lowest BCUT2D eigenvalue weighted by atomic mass is 9.97. The van der Waals surface area contributed by atoms with Crippen molar-refractivity contribution >= 4 is 16.9 Å². The number of benzene rings is 2. The van der Waals surface area contributed by atoms with Gasteiger partial charge in [-0.1, -0.05) is 29.8 Å². The molecule has 0 radical (unpaired) electrons. The van der Waals surface area contributed by atoms with Gasteiger partial charge in [-0.2, -0.15) is 0 Å². The lowest BCUT2D eigenvalue weighted by Crippen LogP contribution is -2.32. The highest BCUT2D eigenvalue weighted by atomic mass is 16.5. The molecule has 4 rings (SSSR count). The molecule has 0 aliphatic carbocycles. The summed E-state index contributed by atoms with van der Waals surface area (Å²) in [5.74, 6) is 0.473. The largest absolute Gasteiger partial charge is 0.497 e. The summed E-state index contributed by atoms with van der Waals surface area (Å²) in [5.41, 5.74) is 2.66. The molecule has 6 nitrogen and oxygen atoms in total. The second-order valence-corrected chi connectivity index (χ2v) is 8.00. The van der Waals surface area contributed by atoms with Gasteiger partial charge in [0.15, 0.2) is 5.43 Å². The van der Waals surface area contributed by atoms with Crippen LogP contribution in [0.25, 0.3) is 11.0 Å². The summed E-state index contributed by atoms with van der Waals surface area (Å²) in [5, 5.41) is 0.453. The van der Waals surface area contributed by atoms with E-state index in [0.717, 1.165) is 24.1 Å². The number of fused-ring (bicyclic) bond motifs is 2. The Balaban J connectivity index is 1.87. The minimum Gasteiger partial charge on any atom is -0.497 e.